The van der Waals surface area contributed by atoms with Gasteiger partial charge in [0.15, 0.2) is 5.69 Å². The molecule has 1 heterocycles. The Labute approximate surface area is 179 Å². The minimum Gasteiger partial charge on any atom is -0.267 e. The second-order valence-corrected chi connectivity index (χ2v) is 7.12. The molecule has 0 spiro atoms. The summed E-state index contributed by atoms with van der Waals surface area (Å²) < 4.78 is 1.33. The molecule has 0 radical (unpaired) electrons. The van der Waals surface area contributed by atoms with Crippen LogP contribution in [0.1, 0.15) is 28.0 Å². The first kappa shape index (κ1) is 20.2. The highest BCUT2D eigenvalue weighted by Gasteiger charge is 2.16. The van der Waals surface area contributed by atoms with Gasteiger partial charge in [-0.05, 0) is 30.0 Å². The molecule has 0 fully saturated rings. The first-order valence-corrected chi connectivity index (χ1v) is 10.1. The summed E-state index contributed by atoms with van der Waals surface area (Å²) in [4.78, 5) is 25.7. The fourth-order valence-corrected chi connectivity index (χ4v) is 3.36. The molecule has 31 heavy (non-hydrogen) atoms. The Bertz CT molecular complexity index is 1270. The van der Waals surface area contributed by atoms with Crippen LogP contribution in [-0.2, 0) is 13.0 Å². The molecule has 0 aliphatic carbocycles. The second kappa shape index (κ2) is 9.63. The summed E-state index contributed by atoms with van der Waals surface area (Å²) in [7, 11) is 0. The van der Waals surface area contributed by atoms with Gasteiger partial charge < -0.3 is 0 Å². The maximum Gasteiger partial charge on any atom is 0.292 e. The third-order valence-electron chi connectivity index (χ3n) is 4.92. The highest BCUT2D eigenvalue weighted by Crippen LogP contribution is 2.14. The zero-order chi connectivity index (χ0) is 21.5. The number of carbonyl (C=O) groups excluding carboxylic acids is 1. The van der Waals surface area contributed by atoms with Crippen molar-refractivity contribution in [1.82, 2.24) is 15.2 Å². The number of fused-ring (bicyclic) bond motifs is 1. The molecule has 154 valence electrons. The summed E-state index contributed by atoms with van der Waals surface area (Å²) in [5.74, 6) is -0.450. The van der Waals surface area contributed by atoms with E-state index in [4.69, 9.17) is 0 Å². The number of aromatic nitrogens is 2. The number of rotatable bonds is 7. The smallest absolute Gasteiger partial charge is 0.267 e. The van der Waals surface area contributed by atoms with Gasteiger partial charge in [-0.2, -0.15) is 10.2 Å². The van der Waals surface area contributed by atoms with Crippen LogP contribution in [0.25, 0.3) is 10.8 Å². The van der Waals surface area contributed by atoms with Gasteiger partial charge in [0.05, 0.1) is 11.9 Å². The minimum absolute atomic E-state index is 0.173. The van der Waals surface area contributed by atoms with Crippen LogP contribution in [0.15, 0.2) is 94.8 Å². The van der Waals surface area contributed by atoms with Crippen molar-refractivity contribution in [3.05, 3.63) is 112 Å². The zero-order valence-corrected chi connectivity index (χ0v) is 16.9. The number of benzene rings is 3. The van der Waals surface area contributed by atoms with Gasteiger partial charge in [0.1, 0.15) is 0 Å². The van der Waals surface area contributed by atoms with Crippen LogP contribution < -0.4 is 11.0 Å². The first-order chi connectivity index (χ1) is 15.2. The van der Waals surface area contributed by atoms with Crippen LogP contribution in [0.4, 0.5) is 0 Å². The predicted molar refractivity (Wildman–Crippen MR) is 122 cm³/mol. The molecule has 6 heteroatoms. The second-order valence-electron chi connectivity index (χ2n) is 7.12. The molecule has 0 saturated carbocycles. The first-order valence-electron chi connectivity index (χ1n) is 10.1. The number of aryl methyl sites for hydroxylation is 1. The molecule has 0 aliphatic rings. The quantitative estimate of drug-likeness (QED) is 0.372. The Hall–Kier alpha value is -4.06. The lowest BCUT2D eigenvalue weighted by atomic mass is 10.1. The molecule has 0 unspecified atom stereocenters. The van der Waals surface area contributed by atoms with Crippen LogP contribution in [0, 0.1) is 0 Å². The molecule has 3 aromatic carbocycles. The topological polar surface area (TPSA) is 76.3 Å². The van der Waals surface area contributed by atoms with E-state index in [0.29, 0.717) is 17.2 Å². The summed E-state index contributed by atoms with van der Waals surface area (Å²) in [5.41, 5.74) is 4.62. The number of hydrazone groups is 1. The van der Waals surface area contributed by atoms with Crippen LogP contribution in [-0.4, -0.2) is 21.9 Å². The largest absolute Gasteiger partial charge is 0.292 e. The van der Waals surface area contributed by atoms with E-state index in [1.807, 2.05) is 48.5 Å². The van der Waals surface area contributed by atoms with Crippen molar-refractivity contribution < 1.29 is 4.79 Å². The molecule has 1 N–H and O–H groups in total. The molecular formula is C25H22N4O2. The zero-order valence-electron chi connectivity index (χ0n) is 16.9. The van der Waals surface area contributed by atoms with E-state index in [1.54, 1.807) is 30.5 Å². The maximum atomic E-state index is 12.9. The molecule has 6 nitrogen and oxygen atoms in total. The van der Waals surface area contributed by atoms with Gasteiger partial charge >= 0.3 is 0 Å². The SMILES string of the molecule is O=C(N/N=C\CCc1ccccc1)c1nn(Cc2ccccc2)c(=O)c2ccccc12. The summed E-state index contributed by atoms with van der Waals surface area (Å²) in [6.45, 7) is 0.283. The summed E-state index contributed by atoms with van der Waals surface area (Å²) in [5, 5.41) is 9.37. The van der Waals surface area contributed by atoms with Crippen LogP contribution >= 0.6 is 0 Å². The molecule has 1 aromatic heterocycles. The van der Waals surface area contributed by atoms with Crippen molar-refractivity contribution >= 4 is 22.9 Å². The third-order valence-corrected chi connectivity index (χ3v) is 4.92. The van der Waals surface area contributed by atoms with E-state index in [0.717, 1.165) is 12.0 Å². The summed E-state index contributed by atoms with van der Waals surface area (Å²) >= 11 is 0. The van der Waals surface area contributed by atoms with Crippen LogP contribution in [0.5, 0.6) is 0 Å². The maximum absolute atomic E-state index is 12.9. The lowest BCUT2D eigenvalue weighted by molar-refractivity contribution is 0.0949. The molecule has 0 aliphatic heterocycles. The highest BCUT2D eigenvalue weighted by atomic mass is 16.2. The Morgan fingerprint density at radius 3 is 2.19 bits per heavy atom. The Morgan fingerprint density at radius 1 is 0.871 bits per heavy atom. The molecule has 4 rings (SSSR count). The lowest BCUT2D eigenvalue weighted by Gasteiger charge is -2.10. The van der Waals surface area contributed by atoms with E-state index < -0.39 is 5.91 Å². The molecular weight excluding hydrogens is 388 g/mol. The third kappa shape index (κ3) is 4.93. The molecule has 4 aromatic rings. The van der Waals surface area contributed by atoms with Gasteiger partial charge in [0.25, 0.3) is 11.5 Å². The van der Waals surface area contributed by atoms with E-state index in [-0.39, 0.29) is 17.8 Å². The Balaban J connectivity index is 1.54. The van der Waals surface area contributed by atoms with Gasteiger partial charge in [-0.1, -0.05) is 78.9 Å². The van der Waals surface area contributed by atoms with Gasteiger partial charge in [0.2, 0.25) is 0 Å². The van der Waals surface area contributed by atoms with Crippen molar-refractivity contribution in [2.45, 2.75) is 19.4 Å². The van der Waals surface area contributed by atoms with Gasteiger partial charge in [-0.25, -0.2) is 10.1 Å². The Kier molecular flexibility index (Phi) is 6.28. The fourth-order valence-electron chi connectivity index (χ4n) is 3.36. The van der Waals surface area contributed by atoms with Crippen molar-refractivity contribution in [2.24, 2.45) is 5.10 Å². The van der Waals surface area contributed by atoms with Crippen molar-refractivity contribution in [1.29, 1.82) is 0 Å². The standard InChI is InChI=1S/C25H22N4O2/c30-24(27-26-17-9-14-19-10-3-1-4-11-19)23-21-15-7-8-16-22(21)25(31)29(28-23)18-20-12-5-2-6-13-20/h1-8,10-13,15-17H,9,14,18H2,(H,27,30)/b26-17-. The predicted octanol–water partition coefficient (Wildman–Crippen LogP) is 3.79. The number of carbonyl (C=O) groups is 1. The van der Waals surface area contributed by atoms with E-state index in [1.165, 1.54) is 10.2 Å². The monoisotopic (exact) mass is 410 g/mol. The van der Waals surface area contributed by atoms with E-state index in [9.17, 15) is 9.59 Å². The normalized spacial score (nSPS) is 11.1. The van der Waals surface area contributed by atoms with Crippen molar-refractivity contribution in [3.8, 4) is 0 Å². The number of amides is 1. The van der Waals surface area contributed by atoms with Crippen LogP contribution in [0.3, 0.4) is 0 Å². The molecule has 0 saturated heterocycles. The number of nitrogens with one attached hydrogen (secondary N) is 1. The van der Waals surface area contributed by atoms with Crippen molar-refractivity contribution in [3.63, 3.8) is 0 Å². The number of hydrogen-bond acceptors (Lipinski definition) is 4. The average Bonchev–Trinajstić information content (AvgIpc) is 2.82. The highest BCUT2D eigenvalue weighted by molar-refractivity contribution is 6.04. The van der Waals surface area contributed by atoms with E-state index >= 15 is 0 Å². The molecule has 0 bridgehead atoms. The number of hydrogen-bond donors (Lipinski definition) is 1. The minimum atomic E-state index is -0.450. The lowest BCUT2D eigenvalue weighted by Crippen LogP contribution is -2.29. The van der Waals surface area contributed by atoms with E-state index in [2.05, 4.69) is 27.8 Å². The Morgan fingerprint density at radius 2 is 1.48 bits per heavy atom. The molecule has 0 atom stereocenters. The van der Waals surface area contributed by atoms with Gasteiger partial charge in [-0.15, -0.1) is 0 Å². The average molecular weight is 410 g/mol. The fraction of sp³-hybridized carbons (Fsp3) is 0.120. The summed E-state index contributed by atoms with van der Waals surface area (Å²) in [6.07, 6.45) is 3.21. The van der Waals surface area contributed by atoms with Gasteiger partial charge in [0, 0.05) is 11.6 Å². The van der Waals surface area contributed by atoms with Gasteiger partial charge in [-0.3, -0.25) is 9.59 Å². The number of nitrogens with zero attached hydrogens (tertiary/aromatic N) is 3. The van der Waals surface area contributed by atoms with Crippen LogP contribution in [0.2, 0.25) is 0 Å². The molecule has 1 amide bonds. The van der Waals surface area contributed by atoms with Crippen molar-refractivity contribution in [2.75, 3.05) is 0 Å². The summed E-state index contributed by atoms with van der Waals surface area (Å²) in [6, 6.07) is 26.6.